The van der Waals surface area contributed by atoms with Gasteiger partial charge in [0.25, 0.3) is 0 Å². The Morgan fingerprint density at radius 2 is 0.812 bits per heavy atom. The fourth-order valence-corrected chi connectivity index (χ4v) is 11.2. The first kappa shape index (κ1) is 40.5. The Hall–Kier alpha value is -8.72. The first-order valence-corrected chi connectivity index (χ1v) is 24.0. The molecule has 0 spiro atoms. The van der Waals surface area contributed by atoms with Crippen LogP contribution in [-0.2, 0) is 5.41 Å². The van der Waals surface area contributed by atoms with Crippen LogP contribution < -0.4 is 4.90 Å². The highest BCUT2D eigenvalue weighted by atomic mass is 15.1. The zero-order valence-electron chi connectivity index (χ0n) is 38.6. The Bertz CT molecular complexity index is 3860. The Labute approximate surface area is 403 Å². The number of hydrogen-bond donors (Lipinski definition) is 0. The summed E-state index contributed by atoms with van der Waals surface area (Å²) in [6, 6.07) is 93.5. The van der Waals surface area contributed by atoms with Crippen LogP contribution in [0.25, 0.3) is 93.9 Å². The average Bonchev–Trinajstić information content (AvgIpc) is 3.87. The van der Waals surface area contributed by atoms with E-state index in [4.69, 9.17) is 0 Å². The molecule has 69 heavy (non-hydrogen) atoms. The van der Waals surface area contributed by atoms with Crippen molar-refractivity contribution in [1.82, 2.24) is 4.57 Å². The maximum absolute atomic E-state index is 2.40. The minimum Gasteiger partial charge on any atom is -0.310 e. The molecule has 0 aliphatic heterocycles. The largest absolute Gasteiger partial charge is 0.310 e. The van der Waals surface area contributed by atoms with Gasteiger partial charge >= 0.3 is 0 Å². The number of para-hydroxylation sites is 2. The summed E-state index contributed by atoms with van der Waals surface area (Å²) >= 11 is 0. The number of fused-ring (bicyclic) bond motifs is 7. The van der Waals surface area contributed by atoms with Crippen LogP contribution in [0.4, 0.5) is 17.1 Å². The zero-order valence-corrected chi connectivity index (χ0v) is 38.6. The monoisotopic (exact) mass is 880 g/mol. The van der Waals surface area contributed by atoms with Gasteiger partial charge in [0.05, 0.1) is 11.0 Å². The van der Waals surface area contributed by atoms with E-state index in [9.17, 15) is 0 Å². The predicted molar refractivity (Wildman–Crippen MR) is 292 cm³/mol. The predicted octanol–water partition coefficient (Wildman–Crippen LogP) is 18.4. The smallest absolute Gasteiger partial charge is 0.0541 e. The second-order valence-corrected chi connectivity index (χ2v) is 18.9. The summed E-state index contributed by atoms with van der Waals surface area (Å²) in [6.45, 7) is 4.73. The number of hydrogen-bond acceptors (Lipinski definition) is 1. The standard InChI is InChI=1S/C67H48N2/c1-67(2)63-25-8-5-20-59(63)62-24-13-23-58(66(62)67)49-36-40-55(41-37-49)68(56-18-12-19-57(44-56)69-64-26-9-6-21-60(64)61-22-7-10-27-65(61)69)54-38-34-47(35-39-54)46-28-30-48(31-29-46)51-16-11-17-52(42-51)53-33-32-45-14-3-4-15-50(45)43-53/h3-44H,1-2H3. The zero-order chi connectivity index (χ0) is 46.1. The van der Waals surface area contributed by atoms with Crippen LogP contribution in [-0.4, -0.2) is 4.57 Å². The van der Waals surface area contributed by atoms with Crippen LogP contribution in [0.3, 0.4) is 0 Å². The van der Waals surface area contributed by atoms with Gasteiger partial charge in [0, 0.05) is 38.9 Å². The van der Waals surface area contributed by atoms with Crippen LogP contribution in [0, 0.1) is 0 Å². The highest BCUT2D eigenvalue weighted by Crippen LogP contribution is 2.52. The Morgan fingerprint density at radius 1 is 0.319 bits per heavy atom. The molecule has 326 valence electrons. The summed E-state index contributed by atoms with van der Waals surface area (Å²) in [5.74, 6) is 0. The van der Waals surface area contributed by atoms with Crippen molar-refractivity contribution in [3.8, 4) is 61.3 Å². The van der Waals surface area contributed by atoms with Crippen molar-refractivity contribution in [2.45, 2.75) is 19.3 Å². The number of rotatable bonds is 8. The molecule has 0 saturated heterocycles. The molecule has 0 atom stereocenters. The summed E-state index contributed by atoms with van der Waals surface area (Å²) in [4.78, 5) is 2.39. The fraction of sp³-hybridized carbons (Fsp3) is 0.0448. The van der Waals surface area contributed by atoms with Crippen molar-refractivity contribution < 1.29 is 0 Å². The number of benzene rings is 11. The molecule has 2 nitrogen and oxygen atoms in total. The van der Waals surface area contributed by atoms with E-state index in [1.54, 1.807) is 0 Å². The van der Waals surface area contributed by atoms with Crippen molar-refractivity contribution in [2.75, 3.05) is 4.90 Å². The molecule has 2 heteroatoms. The molecule has 1 aliphatic carbocycles. The third-order valence-corrected chi connectivity index (χ3v) is 14.6. The van der Waals surface area contributed by atoms with Gasteiger partial charge in [-0.25, -0.2) is 0 Å². The molecule has 0 fully saturated rings. The molecule has 1 aliphatic rings. The molecule has 11 aromatic carbocycles. The molecule has 0 unspecified atom stereocenters. The van der Waals surface area contributed by atoms with Crippen LogP contribution in [0.1, 0.15) is 25.0 Å². The normalized spacial score (nSPS) is 12.6. The van der Waals surface area contributed by atoms with E-state index in [1.165, 1.54) is 99.3 Å². The molecular weight excluding hydrogens is 833 g/mol. The SMILES string of the molecule is CC1(C)c2ccccc2-c2cccc(-c3ccc(N(c4ccc(-c5ccc(-c6cccc(-c7ccc8ccccc8c7)c6)cc5)cc4)c4cccc(-n5c6ccccc6c6ccccc65)c4)cc3)c21. The lowest BCUT2D eigenvalue weighted by Crippen LogP contribution is -2.16. The maximum atomic E-state index is 2.40. The second-order valence-electron chi connectivity index (χ2n) is 18.9. The average molecular weight is 881 g/mol. The molecule has 0 bridgehead atoms. The molecular formula is C67H48N2. The fourth-order valence-electron chi connectivity index (χ4n) is 11.2. The first-order chi connectivity index (χ1) is 34.0. The van der Waals surface area contributed by atoms with Gasteiger partial charge in [0.2, 0.25) is 0 Å². The number of nitrogens with zero attached hydrogens (tertiary/aromatic N) is 2. The van der Waals surface area contributed by atoms with E-state index in [1.807, 2.05) is 0 Å². The Morgan fingerprint density at radius 3 is 1.52 bits per heavy atom. The summed E-state index contributed by atoms with van der Waals surface area (Å²) in [7, 11) is 0. The van der Waals surface area contributed by atoms with Crippen LogP contribution in [0.2, 0.25) is 0 Å². The lowest BCUT2D eigenvalue weighted by molar-refractivity contribution is 0.662. The Kier molecular flexibility index (Phi) is 9.55. The first-order valence-electron chi connectivity index (χ1n) is 24.0. The van der Waals surface area contributed by atoms with Crippen LogP contribution in [0.15, 0.2) is 255 Å². The third kappa shape index (κ3) is 6.87. The van der Waals surface area contributed by atoms with E-state index in [-0.39, 0.29) is 5.41 Å². The summed E-state index contributed by atoms with van der Waals surface area (Å²) in [5.41, 5.74) is 21.8. The molecule has 12 aromatic rings. The van der Waals surface area contributed by atoms with Gasteiger partial charge in [-0.3, -0.25) is 0 Å². The summed E-state index contributed by atoms with van der Waals surface area (Å²) in [5, 5.41) is 5.02. The van der Waals surface area contributed by atoms with Crippen molar-refractivity contribution in [3.05, 3.63) is 266 Å². The number of aromatic nitrogens is 1. The van der Waals surface area contributed by atoms with Crippen molar-refractivity contribution >= 4 is 49.6 Å². The van der Waals surface area contributed by atoms with Crippen molar-refractivity contribution in [2.24, 2.45) is 0 Å². The molecule has 0 N–H and O–H groups in total. The number of anilines is 3. The van der Waals surface area contributed by atoms with Gasteiger partial charge in [-0.15, -0.1) is 0 Å². The maximum Gasteiger partial charge on any atom is 0.0541 e. The van der Waals surface area contributed by atoms with Gasteiger partial charge in [0.1, 0.15) is 0 Å². The van der Waals surface area contributed by atoms with Gasteiger partial charge in [-0.1, -0.05) is 202 Å². The highest BCUT2D eigenvalue weighted by Gasteiger charge is 2.37. The summed E-state index contributed by atoms with van der Waals surface area (Å²) in [6.07, 6.45) is 0. The van der Waals surface area contributed by atoms with E-state index in [2.05, 4.69) is 278 Å². The second kappa shape index (κ2) is 16.3. The van der Waals surface area contributed by atoms with Crippen molar-refractivity contribution in [1.29, 1.82) is 0 Å². The van der Waals surface area contributed by atoms with E-state index in [0.29, 0.717) is 0 Å². The van der Waals surface area contributed by atoms with Gasteiger partial charge in [0.15, 0.2) is 0 Å². The van der Waals surface area contributed by atoms with Gasteiger partial charge in [-0.05, 0) is 144 Å². The minimum absolute atomic E-state index is 0.105. The molecule has 0 saturated carbocycles. The molecule has 1 aromatic heterocycles. The van der Waals surface area contributed by atoms with E-state index >= 15 is 0 Å². The van der Waals surface area contributed by atoms with Crippen molar-refractivity contribution in [3.63, 3.8) is 0 Å². The molecule has 0 radical (unpaired) electrons. The topological polar surface area (TPSA) is 8.17 Å². The minimum atomic E-state index is -0.105. The van der Waals surface area contributed by atoms with E-state index in [0.717, 1.165) is 22.7 Å². The quantitative estimate of drug-likeness (QED) is 0.148. The molecule has 1 heterocycles. The van der Waals surface area contributed by atoms with E-state index < -0.39 is 0 Å². The van der Waals surface area contributed by atoms with Crippen LogP contribution >= 0.6 is 0 Å². The lowest BCUT2D eigenvalue weighted by Gasteiger charge is -2.27. The van der Waals surface area contributed by atoms with Crippen LogP contribution in [0.5, 0.6) is 0 Å². The highest BCUT2D eigenvalue weighted by molar-refractivity contribution is 6.09. The molecule has 13 rings (SSSR count). The summed E-state index contributed by atoms with van der Waals surface area (Å²) < 4.78 is 2.40. The molecule has 0 amide bonds. The lowest BCUT2D eigenvalue weighted by atomic mass is 9.79. The van der Waals surface area contributed by atoms with Gasteiger partial charge in [-0.2, -0.15) is 0 Å². The third-order valence-electron chi connectivity index (χ3n) is 14.6. The van der Waals surface area contributed by atoms with Gasteiger partial charge < -0.3 is 9.47 Å². The Balaban J connectivity index is 0.864.